The van der Waals surface area contributed by atoms with E-state index in [1.165, 1.54) is 0 Å². The third kappa shape index (κ3) is 3.93. The molecule has 0 fully saturated rings. The van der Waals surface area contributed by atoms with Crippen LogP contribution in [0.2, 0.25) is 0 Å². The van der Waals surface area contributed by atoms with Crippen molar-refractivity contribution < 1.29 is 5.11 Å². The van der Waals surface area contributed by atoms with Gasteiger partial charge in [-0.3, -0.25) is 5.84 Å². The van der Waals surface area contributed by atoms with Gasteiger partial charge in [-0.15, -0.1) is 11.6 Å². The average molecular weight is 276 g/mol. The molecule has 1 rings (SSSR count). The summed E-state index contributed by atoms with van der Waals surface area (Å²) < 4.78 is 0. The Balaban J connectivity index is 2.80. The summed E-state index contributed by atoms with van der Waals surface area (Å²) >= 11 is 6.40. The Morgan fingerprint density at radius 1 is 1.67 bits per heavy atom. The fourth-order valence-corrected chi connectivity index (χ4v) is 3.11. The molecule has 0 aromatic carbocycles. The molecule has 5 heteroatoms. The maximum absolute atomic E-state index is 10.8. The van der Waals surface area contributed by atoms with Gasteiger partial charge in [-0.05, 0) is 37.8 Å². The van der Waals surface area contributed by atoms with E-state index in [2.05, 4.69) is 18.3 Å². The predicted molar refractivity (Wildman–Crippen MR) is 76.2 cm³/mol. The van der Waals surface area contributed by atoms with Crippen molar-refractivity contribution in [3.05, 3.63) is 11.6 Å². The molecule has 0 aromatic rings. The van der Waals surface area contributed by atoms with E-state index in [4.69, 9.17) is 17.4 Å². The van der Waals surface area contributed by atoms with Crippen LogP contribution in [0.5, 0.6) is 0 Å². The van der Waals surface area contributed by atoms with Crippen LogP contribution in [-0.2, 0) is 0 Å². The van der Waals surface area contributed by atoms with Crippen LogP contribution in [-0.4, -0.2) is 41.4 Å². The molecule has 0 bridgehead atoms. The van der Waals surface area contributed by atoms with E-state index in [-0.39, 0.29) is 5.38 Å². The Morgan fingerprint density at radius 3 is 2.83 bits per heavy atom. The highest BCUT2D eigenvalue weighted by Crippen LogP contribution is 2.36. The first-order valence-corrected chi connectivity index (χ1v) is 7.07. The van der Waals surface area contributed by atoms with E-state index in [9.17, 15) is 5.11 Å². The number of alkyl halides is 1. The van der Waals surface area contributed by atoms with Crippen LogP contribution in [0, 0.1) is 5.92 Å². The highest BCUT2D eigenvalue weighted by atomic mass is 35.5. The maximum Gasteiger partial charge on any atom is 0.101 e. The molecular weight excluding hydrogens is 250 g/mol. The number of hydrogen-bond acceptors (Lipinski definition) is 4. The van der Waals surface area contributed by atoms with Crippen molar-refractivity contribution in [2.24, 2.45) is 11.8 Å². The summed E-state index contributed by atoms with van der Waals surface area (Å²) in [6, 6.07) is 0. The number of rotatable bonds is 6. The SMILES string of the molecule is CCC(O)(CN(N)CNC)C1=CCC(C)CC1Cl. The minimum atomic E-state index is -0.918. The first-order valence-electron chi connectivity index (χ1n) is 6.64. The van der Waals surface area contributed by atoms with Crippen molar-refractivity contribution >= 4 is 11.6 Å². The maximum atomic E-state index is 10.8. The van der Waals surface area contributed by atoms with Gasteiger partial charge in [0.25, 0.3) is 0 Å². The van der Waals surface area contributed by atoms with Crippen molar-refractivity contribution in [1.82, 2.24) is 10.3 Å². The molecule has 18 heavy (non-hydrogen) atoms. The molecule has 0 aromatic heterocycles. The number of nitrogens with zero attached hydrogens (tertiary/aromatic N) is 1. The lowest BCUT2D eigenvalue weighted by Crippen LogP contribution is -2.51. The Labute approximate surface area is 115 Å². The first kappa shape index (κ1) is 15.9. The molecule has 4 N–H and O–H groups in total. The van der Waals surface area contributed by atoms with Gasteiger partial charge in [0.15, 0.2) is 0 Å². The predicted octanol–water partition coefficient (Wildman–Crippen LogP) is 1.44. The Bertz CT molecular complexity index is 298. The zero-order valence-corrected chi connectivity index (χ0v) is 12.4. The molecule has 0 saturated heterocycles. The number of nitrogens with two attached hydrogens (primary N) is 1. The smallest absolute Gasteiger partial charge is 0.101 e. The topological polar surface area (TPSA) is 61.5 Å². The standard InChI is InChI=1S/C13H26ClN3O/c1-4-13(18,8-17(15)9-16-3)11-6-5-10(2)7-12(11)14/h6,10,12,16,18H,4-5,7-9,15H2,1-3H3. The number of hydrazine groups is 1. The van der Waals surface area contributed by atoms with Crippen molar-refractivity contribution in [3.63, 3.8) is 0 Å². The van der Waals surface area contributed by atoms with E-state index in [1.54, 1.807) is 5.01 Å². The molecule has 0 amide bonds. The van der Waals surface area contributed by atoms with E-state index >= 15 is 0 Å². The highest BCUT2D eigenvalue weighted by Gasteiger charge is 2.37. The molecule has 1 aliphatic carbocycles. The van der Waals surface area contributed by atoms with Gasteiger partial charge < -0.3 is 10.4 Å². The second-order valence-electron chi connectivity index (χ2n) is 5.35. The fourth-order valence-electron chi connectivity index (χ4n) is 2.52. The lowest BCUT2D eigenvalue weighted by atomic mass is 9.80. The van der Waals surface area contributed by atoms with Crippen molar-refractivity contribution in [3.8, 4) is 0 Å². The van der Waals surface area contributed by atoms with Crippen LogP contribution in [0.25, 0.3) is 0 Å². The summed E-state index contributed by atoms with van der Waals surface area (Å²) in [5, 5.41) is 15.3. The van der Waals surface area contributed by atoms with Crippen molar-refractivity contribution in [1.29, 1.82) is 0 Å². The second kappa shape index (κ2) is 6.87. The summed E-state index contributed by atoms with van der Waals surface area (Å²) in [6.45, 7) is 5.09. The van der Waals surface area contributed by atoms with Gasteiger partial charge in [0.1, 0.15) is 5.60 Å². The summed E-state index contributed by atoms with van der Waals surface area (Å²) in [4.78, 5) is 0. The quantitative estimate of drug-likeness (QED) is 0.226. The third-order valence-corrected chi connectivity index (χ3v) is 4.05. The van der Waals surface area contributed by atoms with Crippen LogP contribution >= 0.6 is 11.6 Å². The molecule has 3 unspecified atom stereocenters. The average Bonchev–Trinajstić information content (AvgIpc) is 2.28. The van der Waals surface area contributed by atoms with Crippen LogP contribution < -0.4 is 11.2 Å². The minimum absolute atomic E-state index is 0.0818. The molecule has 0 spiro atoms. The van der Waals surface area contributed by atoms with Gasteiger partial charge in [0.05, 0.1) is 12.0 Å². The zero-order chi connectivity index (χ0) is 13.8. The first-order chi connectivity index (χ1) is 8.42. The lowest BCUT2D eigenvalue weighted by Gasteiger charge is -2.38. The molecule has 4 nitrogen and oxygen atoms in total. The van der Waals surface area contributed by atoms with Gasteiger partial charge >= 0.3 is 0 Å². The molecule has 0 heterocycles. The number of halogens is 1. The number of hydrogen-bond donors (Lipinski definition) is 3. The summed E-state index contributed by atoms with van der Waals surface area (Å²) in [7, 11) is 1.83. The van der Waals surface area contributed by atoms with Crippen molar-refractivity contribution in [2.45, 2.75) is 44.1 Å². The van der Waals surface area contributed by atoms with Crippen molar-refractivity contribution in [2.75, 3.05) is 20.3 Å². The van der Waals surface area contributed by atoms with Gasteiger partial charge in [-0.1, -0.05) is 19.9 Å². The normalized spacial score (nSPS) is 28.1. The molecule has 0 radical (unpaired) electrons. The van der Waals surface area contributed by atoms with Crippen LogP contribution in [0.15, 0.2) is 11.6 Å². The van der Waals surface area contributed by atoms with Crippen LogP contribution in [0.4, 0.5) is 0 Å². The minimum Gasteiger partial charge on any atom is -0.384 e. The molecule has 1 aliphatic rings. The highest BCUT2D eigenvalue weighted by molar-refractivity contribution is 6.22. The molecule has 0 aliphatic heterocycles. The van der Waals surface area contributed by atoms with E-state index in [0.717, 1.165) is 18.4 Å². The molecule has 3 atom stereocenters. The largest absolute Gasteiger partial charge is 0.384 e. The summed E-state index contributed by atoms with van der Waals surface area (Å²) in [5.74, 6) is 6.45. The summed E-state index contributed by atoms with van der Waals surface area (Å²) in [5.41, 5.74) is 0.0225. The van der Waals surface area contributed by atoms with Crippen LogP contribution in [0.3, 0.4) is 0 Å². The Kier molecular flexibility index (Phi) is 6.08. The van der Waals surface area contributed by atoms with Gasteiger partial charge in [0.2, 0.25) is 0 Å². The molecule has 106 valence electrons. The monoisotopic (exact) mass is 275 g/mol. The van der Waals surface area contributed by atoms with E-state index in [1.807, 2.05) is 14.0 Å². The van der Waals surface area contributed by atoms with E-state index in [0.29, 0.717) is 25.6 Å². The van der Waals surface area contributed by atoms with Crippen LogP contribution in [0.1, 0.15) is 33.1 Å². The molecule has 0 saturated carbocycles. The number of nitrogens with one attached hydrogen (secondary N) is 1. The molecular formula is C13H26ClN3O. The number of allylic oxidation sites excluding steroid dienone is 1. The van der Waals surface area contributed by atoms with Gasteiger partial charge in [-0.25, -0.2) is 5.01 Å². The second-order valence-corrected chi connectivity index (χ2v) is 5.87. The Hall–Kier alpha value is -0.130. The lowest BCUT2D eigenvalue weighted by molar-refractivity contribution is 0.0254. The van der Waals surface area contributed by atoms with Gasteiger partial charge in [-0.2, -0.15) is 0 Å². The summed E-state index contributed by atoms with van der Waals surface area (Å²) in [6.07, 6.45) is 4.63. The Morgan fingerprint density at radius 2 is 2.33 bits per heavy atom. The third-order valence-electron chi connectivity index (χ3n) is 3.64. The fraction of sp³-hybridized carbons (Fsp3) is 0.846. The van der Waals surface area contributed by atoms with E-state index < -0.39 is 5.60 Å². The van der Waals surface area contributed by atoms with Gasteiger partial charge in [0, 0.05) is 6.54 Å². The zero-order valence-electron chi connectivity index (χ0n) is 11.6. The number of aliphatic hydroxyl groups is 1.